The summed E-state index contributed by atoms with van der Waals surface area (Å²) in [6, 6.07) is 4.05. The van der Waals surface area contributed by atoms with Crippen molar-refractivity contribution < 1.29 is 0 Å². The number of nitrogen functional groups attached to an aromatic ring is 1. The maximum atomic E-state index is 5.47. The van der Waals surface area contributed by atoms with Crippen LogP contribution in [0, 0.1) is 11.8 Å². The number of nitrogens with two attached hydrogens (primary N) is 1. The molecule has 0 bridgehead atoms. The van der Waals surface area contributed by atoms with E-state index in [1.807, 2.05) is 6.07 Å². The molecule has 1 unspecified atom stereocenters. The summed E-state index contributed by atoms with van der Waals surface area (Å²) >= 11 is 0. The standard InChI is InChI=1S/C13H22N4/c1-10(2)11-5-7-17(8-11)9-12-4-3-6-15-13(12)16-14/h3-4,6,10-11H,5,7-9,14H2,1-2H3,(H,15,16). The third-order valence-corrected chi connectivity index (χ3v) is 3.67. The molecule has 2 rings (SSSR count). The molecule has 0 radical (unpaired) electrons. The van der Waals surface area contributed by atoms with Crippen molar-refractivity contribution in [2.75, 3.05) is 18.5 Å². The molecule has 17 heavy (non-hydrogen) atoms. The lowest BCUT2D eigenvalue weighted by Gasteiger charge is -2.18. The summed E-state index contributed by atoms with van der Waals surface area (Å²) in [5, 5.41) is 0. The first kappa shape index (κ1) is 12.3. The van der Waals surface area contributed by atoms with Crippen LogP contribution in [-0.2, 0) is 6.54 Å². The lowest BCUT2D eigenvalue weighted by molar-refractivity contribution is 0.297. The van der Waals surface area contributed by atoms with E-state index < -0.39 is 0 Å². The van der Waals surface area contributed by atoms with Gasteiger partial charge in [-0.1, -0.05) is 19.9 Å². The number of rotatable bonds is 4. The first-order chi connectivity index (χ1) is 8.20. The number of pyridine rings is 1. The normalized spacial score (nSPS) is 21.1. The van der Waals surface area contributed by atoms with E-state index in [9.17, 15) is 0 Å². The van der Waals surface area contributed by atoms with Crippen LogP contribution in [0.4, 0.5) is 5.82 Å². The number of hydrogen-bond acceptors (Lipinski definition) is 4. The fourth-order valence-corrected chi connectivity index (χ4v) is 2.49. The SMILES string of the molecule is CC(C)C1CCN(Cc2cccnc2NN)C1. The number of nitrogens with zero attached hydrogens (tertiary/aromatic N) is 2. The summed E-state index contributed by atoms with van der Waals surface area (Å²) in [7, 11) is 0. The minimum Gasteiger partial charge on any atom is -0.308 e. The average molecular weight is 234 g/mol. The van der Waals surface area contributed by atoms with E-state index >= 15 is 0 Å². The largest absolute Gasteiger partial charge is 0.308 e. The van der Waals surface area contributed by atoms with E-state index in [-0.39, 0.29) is 0 Å². The zero-order valence-corrected chi connectivity index (χ0v) is 10.7. The van der Waals surface area contributed by atoms with Crippen LogP contribution < -0.4 is 11.3 Å². The number of anilines is 1. The Morgan fingerprint density at radius 2 is 2.41 bits per heavy atom. The number of aromatic nitrogens is 1. The lowest BCUT2D eigenvalue weighted by Crippen LogP contribution is -2.23. The van der Waals surface area contributed by atoms with E-state index in [1.165, 1.54) is 25.1 Å². The first-order valence-corrected chi connectivity index (χ1v) is 6.33. The Balaban J connectivity index is 1.98. The molecule has 0 spiro atoms. The second kappa shape index (κ2) is 5.47. The van der Waals surface area contributed by atoms with Gasteiger partial charge in [-0.25, -0.2) is 10.8 Å². The monoisotopic (exact) mass is 234 g/mol. The lowest BCUT2D eigenvalue weighted by atomic mass is 9.95. The highest BCUT2D eigenvalue weighted by Gasteiger charge is 2.25. The van der Waals surface area contributed by atoms with Crippen molar-refractivity contribution in [3.63, 3.8) is 0 Å². The highest BCUT2D eigenvalue weighted by molar-refractivity contribution is 5.42. The zero-order chi connectivity index (χ0) is 12.3. The summed E-state index contributed by atoms with van der Waals surface area (Å²) in [5.74, 6) is 7.87. The fraction of sp³-hybridized carbons (Fsp3) is 0.615. The summed E-state index contributed by atoms with van der Waals surface area (Å²) in [4.78, 5) is 6.72. The molecule has 0 aliphatic carbocycles. The van der Waals surface area contributed by atoms with E-state index in [0.29, 0.717) is 0 Å². The quantitative estimate of drug-likeness (QED) is 0.616. The minimum absolute atomic E-state index is 0.779. The number of nitrogens with one attached hydrogen (secondary N) is 1. The molecule has 1 aliphatic rings. The Morgan fingerprint density at radius 3 is 3.06 bits per heavy atom. The summed E-state index contributed by atoms with van der Waals surface area (Å²) in [5.41, 5.74) is 3.85. The van der Waals surface area contributed by atoms with Gasteiger partial charge >= 0.3 is 0 Å². The third-order valence-electron chi connectivity index (χ3n) is 3.67. The van der Waals surface area contributed by atoms with Crippen LogP contribution in [-0.4, -0.2) is 23.0 Å². The van der Waals surface area contributed by atoms with Crippen molar-refractivity contribution in [1.82, 2.24) is 9.88 Å². The van der Waals surface area contributed by atoms with E-state index in [1.54, 1.807) is 6.20 Å². The summed E-state index contributed by atoms with van der Waals surface area (Å²) in [6.07, 6.45) is 3.07. The Labute approximate surface area is 103 Å². The molecule has 0 amide bonds. The second-order valence-corrected chi connectivity index (χ2v) is 5.18. The van der Waals surface area contributed by atoms with Crippen molar-refractivity contribution in [3.8, 4) is 0 Å². The Morgan fingerprint density at radius 1 is 1.59 bits per heavy atom. The molecule has 3 N–H and O–H groups in total. The summed E-state index contributed by atoms with van der Waals surface area (Å²) < 4.78 is 0. The van der Waals surface area contributed by atoms with Crippen LogP contribution in [0.15, 0.2) is 18.3 Å². The Kier molecular flexibility index (Phi) is 3.97. The van der Waals surface area contributed by atoms with Crippen molar-refractivity contribution in [2.45, 2.75) is 26.8 Å². The molecule has 1 aromatic heterocycles. The Bertz CT molecular complexity index is 364. The predicted molar refractivity (Wildman–Crippen MR) is 70.3 cm³/mol. The zero-order valence-electron chi connectivity index (χ0n) is 10.7. The van der Waals surface area contributed by atoms with Crippen molar-refractivity contribution in [2.24, 2.45) is 17.7 Å². The molecule has 94 valence electrons. The smallest absolute Gasteiger partial charge is 0.144 e. The van der Waals surface area contributed by atoms with E-state index in [0.717, 1.165) is 24.2 Å². The number of hydrogen-bond donors (Lipinski definition) is 2. The molecular formula is C13H22N4. The van der Waals surface area contributed by atoms with E-state index in [4.69, 9.17) is 5.84 Å². The predicted octanol–water partition coefficient (Wildman–Crippen LogP) is 1.85. The Hall–Kier alpha value is -1.13. The summed E-state index contributed by atoms with van der Waals surface area (Å²) in [6.45, 7) is 7.94. The number of likely N-dealkylation sites (tertiary alicyclic amines) is 1. The van der Waals surface area contributed by atoms with Crippen LogP contribution in [0.5, 0.6) is 0 Å². The van der Waals surface area contributed by atoms with E-state index in [2.05, 4.69) is 35.2 Å². The van der Waals surface area contributed by atoms with Gasteiger partial charge in [0.15, 0.2) is 0 Å². The highest BCUT2D eigenvalue weighted by Crippen LogP contribution is 2.25. The maximum absolute atomic E-state index is 5.47. The van der Waals surface area contributed by atoms with Gasteiger partial charge in [-0.15, -0.1) is 0 Å². The minimum atomic E-state index is 0.779. The van der Waals surface area contributed by atoms with Crippen molar-refractivity contribution in [1.29, 1.82) is 0 Å². The van der Waals surface area contributed by atoms with Crippen LogP contribution in [0.1, 0.15) is 25.8 Å². The van der Waals surface area contributed by atoms with Crippen LogP contribution >= 0.6 is 0 Å². The van der Waals surface area contributed by atoms with Gasteiger partial charge in [0, 0.05) is 24.8 Å². The highest BCUT2D eigenvalue weighted by atomic mass is 15.3. The van der Waals surface area contributed by atoms with Crippen molar-refractivity contribution in [3.05, 3.63) is 23.9 Å². The fourth-order valence-electron chi connectivity index (χ4n) is 2.49. The molecule has 1 atom stereocenters. The van der Waals surface area contributed by atoms with Gasteiger partial charge in [-0.05, 0) is 30.9 Å². The number of hydrazine groups is 1. The molecule has 4 nitrogen and oxygen atoms in total. The second-order valence-electron chi connectivity index (χ2n) is 5.18. The van der Waals surface area contributed by atoms with Gasteiger partial charge in [0.05, 0.1) is 0 Å². The maximum Gasteiger partial charge on any atom is 0.144 e. The van der Waals surface area contributed by atoms with Gasteiger partial charge in [-0.2, -0.15) is 0 Å². The molecule has 2 heterocycles. The van der Waals surface area contributed by atoms with Gasteiger partial charge < -0.3 is 5.43 Å². The molecule has 0 aromatic carbocycles. The van der Waals surface area contributed by atoms with Gasteiger partial charge in [0.2, 0.25) is 0 Å². The molecular weight excluding hydrogens is 212 g/mol. The van der Waals surface area contributed by atoms with Crippen LogP contribution in [0.3, 0.4) is 0 Å². The van der Waals surface area contributed by atoms with Gasteiger partial charge in [0.1, 0.15) is 5.82 Å². The van der Waals surface area contributed by atoms with Gasteiger partial charge in [0.25, 0.3) is 0 Å². The van der Waals surface area contributed by atoms with Crippen LogP contribution in [0.25, 0.3) is 0 Å². The molecule has 0 saturated carbocycles. The molecule has 1 aliphatic heterocycles. The van der Waals surface area contributed by atoms with Crippen molar-refractivity contribution >= 4 is 5.82 Å². The van der Waals surface area contributed by atoms with Crippen LogP contribution in [0.2, 0.25) is 0 Å². The molecule has 1 fully saturated rings. The first-order valence-electron chi connectivity index (χ1n) is 6.33. The molecule has 1 aromatic rings. The third kappa shape index (κ3) is 2.96. The molecule has 1 saturated heterocycles. The topological polar surface area (TPSA) is 54.2 Å². The average Bonchev–Trinajstić information content (AvgIpc) is 2.78. The molecule has 4 heteroatoms. The van der Waals surface area contributed by atoms with Gasteiger partial charge in [-0.3, -0.25) is 4.90 Å².